The summed E-state index contributed by atoms with van der Waals surface area (Å²) in [4.78, 5) is 17.6. The molecule has 0 radical (unpaired) electrons. The molecular formula is C29H30N4O3. The number of nitrogens with zero attached hydrogens (tertiary/aromatic N) is 4. The summed E-state index contributed by atoms with van der Waals surface area (Å²) in [6, 6.07) is 27.8. The van der Waals surface area contributed by atoms with Crippen molar-refractivity contribution in [2.45, 2.75) is 13.5 Å². The van der Waals surface area contributed by atoms with Gasteiger partial charge >= 0.3 is 0 Å². The highest BCUT2D eigenvalue weighted by molar-refractivity contribution is 5.93. The Kier molecular flexibility index (Phi) is 6.89. The second kappa shape index (κ2) is 10.6. The maximum Gasteiger partial charge on any atom is 0.272 e. The van der Waals surface area contributed by atoms with Crippen molar-refractivity contribution < 1.29 is 14.3 Å². The predicted molar refractivity (Wildman–Crippen MR) is 140 cm³/mol. The van der Waals surface area contributed by atoms with E-state index in [1.807, 2.05) is 72.5 Å². The molecule has 3 aromatic carbocycles. The van der Waals surface area contributed by atoms with Gasteiger partial charge in [0.15, 0.2) is 0 Å². The van der Waals surface area contributed by atoms with Gasteiger partial charge in [0.05, 0.1) is 18.5 Å². The van der Waals surface area contributed by atoms with Gasteiger partial charge < -0.3 is 19.3 Å². The number of hydrogen-bond donors (Lipinski definition) is 0. The van der Waals surface area contributed by atoms with E-state index in [-0.39, 0.29) is 5.91 Å². The first-order valence-corrected chi connectivity index (χ1v) is 12.1. The highest BCUT2D eigenvalue weighted by atomic mass is 16.5. The lowest BCUT2D eigenvalue weighted by atomic mass is 10.2. The highest BCUT2D eigenvalue weighted by Crippen LogP contribution is 2.23. The van der Waals surface area contributed by atoms with E-state index in [0.29, 0.717) is 25.4 Å². The Morgan fingerprint density at radius 1 is 0.833 bits per heavy atom. The van der Waals surface area contributed by atoms with E-state index < -0.39 is 0 Å². The molecule has 7 heteroatoms. The average molecular weight is 483 g/mol. The molecule has 1 aliphatic rings. The van der Waals surface area contributed by atoms with Gasteiger partial charge in [-0.1, -0.05) is 36.4 Å². The second-order valence-electron chi connectivity index (χ2n) is 8.83. The van der Waals surface area contributed by atoms with Crippen molar-refractivity contribution in [3.63, 3.8) is 0 Å². The lowest BCUT2D eigenvalue weighted by Crippen LogP contribution is -2.49. The number of ether oxygens (including phenoxy) is 2. The number of aromatic nitrogens is 2. The van der Waals surface area contributed by atoms with Crippen LogP contribution in [0.25, 0.3) is 5.69 Å². The molecule has 184 valence electrons. The first kappa shape index (κ1) is 23.5. The monoisotopic (exact) mass is 482 g/mol. The molecule has 2 heterocycles. The lowest BCUT2D eigenvalue weighted by molar-refractivity contribution is 0.0737. The van der Waals surface area contributed by atoms with E-state index in [1.54, 1.807) is 11.8 Å². The number of rotatable bonds is 7. The van der Waals surface area contributed by atoms with Crippen LogP contribution in [-0.4, -0.2) is 53.9 Å². The summed E-state index contributed by atoms with van der Waals surface area (Å²) in [7, 11) is 1.63. The van der Waals surface area contributed by atoms with Crippen LogP contribution in [0.15, 0.2) is 84.9 Å². The number of anilines is 1. The van der Waals surface area contributed by atoms with E-state index in [2.05, 4.69) is 34.3 Å². The molecule has 0 aliphatic carbocycles. The number of amides is 1. The van der Waals surface area contributed by atoms with Gasteiger partial charge in [-0.05, 0) is 55.0 Å². The van der Waals surface area contributed by atoms with E-state index in [9.17, 15) is 4.79 Å². The number of methoxy groups -OCH3 is 1. The van der Waals surface area contributed by atoms with Crippen LogP contribution in [0, 0.1) is 6.92 Å². The molecule has 0 saturated carbocycles. The normalized spacial score (nSPS) is 13.5. The Morgan fingerprint density at radius 3 is 2.31 bits per heavy atom. The molecule has 1 fully saturated rings. The molecule has 36 heavy (non-hydrogen) atoms. The number of carbonyl (C=O) groups excluding carboxylic acids is 1. The van der Waals surface area contributed by atoms with Crippen molar-refractivity contribution in [1.29, 1.82) is 0 Å². The third-order valence-electron chi connectivity index (χ3n) is 6.37. The lowest BCUT2D eigenvalue weighted by Gasteiger charge is -2.36. The molecule has 1 amide bonds. The molecule has 1 aromatic heterocycles. The smallest absolute Gasteiger partial charge is 0.272 e. The number of piperazine rings is 1. The predicted octanol–water partition coefficient (Wildman–Crippen LogP) is 4.73. The minimum absolute atomic E-state index is 0.0114. The van der Waals surface area contributed by atoms with E-state index in [4.69, 9.17) is 9.47 Å². The van der Waals surface area contributed by atoms with Gasteiger partial charge in [-0.15, -0.1) is 0 Å². The fourth-order valence-corrected chi connectivity index (χ4v) is 4.41. The van der Waals surface area contributed by atoms with Gasteiger partial charge in [-0.3, -0.25) is 4.79 Å². The zero-order valence-electron chi connectivity index (χ0n) is 20.6. The fraction of sp³-hybridized carbons (Fsp3) is 0.241. The van der Waals surface area contributed by atoms with Crippen LogP contribution in [-0.2, 0) is 6.61 Å². The van der Waals surface area contributed by atoms with E-state index in [0.717, 1.165) is 47.2 Å². The first-order chi connectivity index (χ1) is 17.6. The quantitative estimate of drug-likeness (QED) is 0.381. The van der Waals surface area contributed by atoms with Crippen LogP contribution >= 0.6 is 0 Å². The van der Waals surface area contributed by atoms with Crippen molar-refractivity contribution in [1.82, 2.24) is 14.7 Å². The number of aryl methyl sites for hydroxylation is 1. The van der Waals surface area contributed by atoms with Gasteiger partial charge in [-0.2, -0.15) is 5.10 Å². The molecule has 0 spiro atoms. The van der Waals surface area contributed by atoms with Crippen molar-refractivity contribution in [3.8, 4) is 17.2 Å². The van der Waals surface area contributed by atoms with Gasteiger partial charge in [-0.25, -0.2) is 4.68 Å². The van der Waals surface area contributed by atoms with Crippen molar-refractivity contribution >= 4 is 11.6 Å². The second-order valence-corrected chi connectivity index (χ2v) is 8.83. The molecule has 1 saturated heterocycles. The van der Waals surface area contributed by atoms with Crippen molar-refractivity contribution in [2.24, 2.45) is 0 Å². The number of hydrogen-bond acceptors (Lipinski definition) is 5. The largest absolute Gasteiger partial charge is 0.497 e. The van der Waals surface area contributed by atoms with Crippen molar-refractivity contribution in [2.75, 3.05) is 38.2 Å². The van der Waals surface area contributed by atoms with Crippen LogP contribution in [0.4, 0.5) is 5.69 Å². The Hall–Kier alpha value is -4.26. The number of carbonyl (C=O) groups is 1. The molecule has 0 atom stereocenters. The molecule has 7 nitrogen and oxygen atoms in total. The Morgan fingerprint density at radius 2 is 1.58 bits per heavy atom. The Labute approximate surface area is 211 Å². The molecular weight excluding hydrogens is 452 g/mol. The Balaban J connectivity index is 1.21. The Bertz CT molecular complexity index is 1310. The van der Waals surface area contributed by atoms with Crippen molar-refractivity contribution in [3.05, 3.63) is 102 Å². The zero-order chi connectivity index (χ0) is 24.9. The van der Waals surface area contributed by atoms with Crippen LogP contribution in [0.3, 0.4) is 0 Å². The van der Waals surface area contributed by atoms with Crippen LogP contribution in [0.5, 0.6) is 11.5 Å². The summed E-state index contributed by atoms with van der Waals surface area (Å²) in [6.07, 6.45) is 0. The molecule has 0 unspecified atom stereocenters. The maximum absolute atomic E-state index is 13.4. The van der Waals surface area contributed by atoms with Gasteiger partial charge in [0.25, 0.3) is 5.91 Å². The van der Waals surface area contributed by atoms with Gasteiger partial charge in [0, 0.05) is 37.9 Å². The molecule has 5 rings (SSSR count). The molecule has 0 bridgehead atoms. The summed E-state index contributed by atoms with van der Waals surface area (Å²) in [5, 5.41) is 4.57. The first-order valence-electron chi connectivity index (χ1n) is 12.1. The standard InChI is InChI=1S/C29H30N4O3/c1-22-19-28(33(30-22)25-9-6-10-27(20-25)35-2)29(34)32-17-15-31(16-18-32)24-11-13-26(14-12-24)36-21-23-7-4-3-5-8-23/h3-14,19-20H,15-18,21H2,1-2H3. The SMILES string of the molecule is COc1cccc(-n2nc(C)cc2C(=O)N2CCN(c3ccc(OCc4ccccc4)cc3)CC2)c1. The highest BCUT2D eigenvalue weighted by Gasteiger charge is 2.26. The van der Waals surface area contributed by atoms with Gasteiger partial charge in [0.1, 0.15) is 23.8 Å². The molecule has 4 aromatic rings. The summed E-state index contributed by atoms with van der Waals surface area (Å²) in [5.74, 6) is 1.56. The van der Waals surface area contributed by atoms with Crippen LogP contribution < -0.4 is 14.4 Å². The third-order valence-corrected chi connectivity index (χ3v) is 6.37. The van der Waals surface area contributed by atoms with E-state index in [1.165, 1.54) is 0 Å². The topological polar surface area (TPSA) is 59.8 Å². The maximum atomic E-state index is 13.4. The zero-order valence-corrected chi connectivity index (χ0v) is 20.6. The number of benzene rings is 3. The summed E-state index contributed by atoms with van der Waals surface area (Å²) >= 11 is 0. The van der Waals surface area contributed by atoms with Crippen LogP contribution in [0.2, 0.25) is 0 Å². The minimum atomic E-state index is -0.0114. The fourth-order valence-electron chi connectivity index (χ4n) is 4.41. The summed E-state index contributed by atoms with van der Waals surface area (Å²) < 4.78 is 13.0. The third kappa shape index (κ3) is 5.20. The summed E-state index contributed by atoms with van der Waals surface area (Å²) in [5.41, 5.74) is 4.44. The van der Waals surface area contributed by atoms with Crippen LogP contribution in [0.1, 0.15) is 21.7 Å². The molecule has 1 aliphatic heterocycles. The average Bonchev–Trinajstić information content (AvgIpc) is 3.34. The van der Waals surface area contributed by atoms with Gasteiger partial charge in [0.2, 0.25) is 0 Å². The van der Waals surface area contributed by atoms with E-state index >= 15 is 0 Å². The minimum Gasteiger partial charge on any atom is -0.497 e. The molecule has 0 N–H and O–H groups in total. The summed E-state index contributed by atoms with van der Waals surface area (Å²) in [6.45, 7) is 5.27.